The second-order valence-corrected chi connectivity index (χ2v) is 4.05. The van der Waals surface area contributed by atoms with Crippen LogP contribution in [0.1, 0.15) is 18.9 Å². The van der Waals surface area contributed by atoms with Gasteiger partial charge < -0.3 is 4.90 Å². The second-order valence-electron chi connectivity index (χ2n) is 4.05. The standard InChI is InChI=1S/C13H14N2O/c1-2-10-3-5-12(6-4-10)15-9-11(8-14)7-13(15)16/h3-6,11H,2,7,9H2,1H3/t11-/m1/s1. The van der Waals surface area contributed by atoms with E-state index in [9.17, 15) is 4.79 Å². The number of hydrogen-bond donors (Lipinski definition) is 0. The van der Waals surface area contributed by atoms with Crippen molar-refractivity contribution in [1.82, 2.24) is 0 Å². The van der Waals surface area contributed by atoms with Gasteiger partial charge in [-0.25, -0.2) is 0 Å². The Hall–Kier alpha value is -1.82. The van der Waals surface area contributed by atoms with E-state index >= 15 is 0 Å². The predicted molar refractivity (Wildman–Crippen MR) is 61.9 cm³/mol. The minimum atomic E-state index is -0.154. The third-order valence-corrected chi connectivity index (χ3v) is 2.96. The van der Waals surface area contributed by atoms with Crippen molar-refractivity contribution in [3.63, 3.8) is 0 Å². The van der Waals surface area contributed by atoms with Crippen LogP contribution in [-0.4, -0.2) is 12.5 Å². The smallest absolute Gasteiger partial charge is 0.228 e. The lowest BCUT2D eigenvalue weighted by atomic mass is 10.1. The Morgan fingerprint density at radius 2 is 2.12 bits per heavy atom. The van der Waals surface area contributed by atoms with Crippen molar-refractivity contribution in [3.8, 4) is 6.07 Å². The molecular weight excluding hydrogens is 200 g/mol. The number of carbonyl (C=O) groups is 1. The zero-order valence-corrected chi connectivity index (χ0v) is 9.31. The van der Waals surface area contributed by atoms with Gasteiger partial charge in [0.1, 0.15) is 0 Å². The Morgan fingerprint density at radius 3 is 2.62 bits per heavy atom. The molecule has 3 nitrogen and oxygen atoms in total. The maximum atomic E-state index is 11.7. The molecule has 1 aliphatic rings. The first kappa shape index (κ1) is 10.7. The fraction of sp³-hybridized carbons (Fsp3) is 0.385. The molecule has 1 atom stereocenters. The van der Waals surface area contributed by atoms with Gasteiger partial charge >= 0.3 is 0 Å². The van der Waals surface area contributed by atoms with Crippen LogP contribution in [0.4, 0.5) is 5.69 Å². The second kappa shape index (κ2) is 4.36. The van der Waals surface area contributed by atoms with Crippen LogP contribution in [0.2, 0.25) is 0 Å². The average molecular weight is 214 g/mol. The Bertz CT molecular complexity index is 430. The van der Waals surface area contributed by atoms with Crippen molar-refractivity contribution in [1.29, 1.82) is 5.26 Å². The zero-order chi connectivity index (χ0) is 11.5. The molecule has 1 aromatic carbocycles. The molecule has 1 amide bonds. The molecular formula is C13H14N2O. The quantitative estimate of drug-likeness (QED) is 0.757. The Morgan fingerprint density at radius 1 is 1.44 bits per heavy atom. The number of carbonyl (C=O) groups excluding carboxylic acids is 1. The van der Waals surface area contributed by atoms with Crippen LogP contribution in [0.3, 0.4) is 0 Å². The number of aryl methyl sites for hydroxylation is 1. The van der Waals surface area contributed by atoms with Crippen LogP contribution in [0.5, 0.6) is 0 Å². The molecule has 1 saturated heterocycles. The summed E-state index contributed by atoms with van der Waals surface area (Å²) in [5.74, 6) is -0.103. The molecule has 1 aliphatic heterocycles. The highest BCUT2D eigenvalue weighted by molar-refractivity contribution is 5.96. The lowest BCUT2D eigenvalue weighted by molar-refractivity contribution is -0.117. The van der Waals surface area contributed by atoms with E-state index in [4.69, 9.17) is 5.26 Å². The van der Waals surface area contributed by atoms with E-state index < -0.39 is 0 Å². The van der Waals surface area contributed by atoms with E-state index in [0.717, 1.165) is 12.1 Å². The van der Waals surface area contributed by atoms with Gasteiger partial charge in [0.2, 0.25) is 5.91 Å². The molecule has 0 aliphatic carbocycles. The third kappa shape index (κ3) is 1.92. The maximum absolute atomic E-state index is 11.7. The van der Waals surface area contributed by atoms with Crippen molar-refractivity contribution < 1.29 is 4.79 Å². The molecule has 0 aromatic heterocycles. The minimum Gasteiger partial charge on any atom is -0.311 e. The summed E-state index contributed by atoms with van der Waals surface area (Å²) in [6, 6.07) is 10.1. The average Bonchev–Trinajstić information content (AvgIpc) is 2.71. The van der Waals surface area contributed by atoms with Gasteiger partial charge in [-0.05, 0) is 24.1 Å². The molecule has 1 heterocycles. The molecule has 0 saturated carbocycles. The molecule has 0 N–H and O–H groups in total. The van der Waals surface area contributed by atoms with Crippen LogP contribution in [0.25, 0.3) is 0 Å². The number of benzene rings is 1. The van der Waals surface area contributed by atoms with E-state index in [-0.39, 0.29) is 11.8 Å². The summed E-state index contributed by atoms with van der Waals surface area (Å²) in [5.41, 5.74) is 2.16. The van der Waals surface area contributed by atoms with Gasteiger partial charge in [-0.1, -0.05) is 19.1 Å². The molecule has 0 unspecified atom stereocenters. The highest BCUT2D eigenvalue weighted by atomic mass is 16.2. The zero-order valence-electron chi connectivity index (χ0n) is 9.31. The number of nitrogens with zero attached hydrogens (tertiary/aromatic N) is 2. The maximum Gasteiger partial charge on any atom is 0.228 e. The van der Waals surface area contributed by atoms with Crippen LogP contribution >= 0.6 is 0 Å². The SMILES string of the molecule is CCc1ccc(N2C[C@@H](C#N)CC2=O)cc1. The Kier molecular flexibility index (Phi) is 2.91. The van der Waals surface area contributed by atoms with Gasteiger partial charge in [-0.15, -0.1) is 0 Å². The van der Waals surface area contributed by atoms with Crippen LogP contribution in [0, 0.1) is 17.2 Å². The molecule has 0 bridgehead atoms. The fourth-order valence-corrected chi connectivity index (χ4v) is 1.96. The summed E-state index contributed by atoms with van der Waals surface area (Å²) in [5, 5.41) is 8.80. The topological polar surface area (TPSA) is 44.1 Å². The van der Waals surface area contributed by atoms with Crippen molar-refractivity contribution in [2.75, 3.05) is 11.4 Å². The molecule has 16 heavy (non-hydrogen) atoms. The lowest BCUT2D eigenvalue weighted by Crippen LogP contribution is -2.24. The number of nitriles is 1. The van der Waals surface area contributed by atoms with E-state index in [1.807, 2.05) is 24.3 Å². The minimum absolute atomic E-state index is 0.0517. The van der Waals surface area contributed by atoms with E-state index in [1.54, 1.807) is 4.90 Å². The summed E-state index contributed by atoms with van der Waals surface area (Å²) in [7, 11) is 0. The van der Waals surface area contributed by atoms with Crippen molar-refractivity contribution >= 4 is 11.6 Å². The normalized spacial score (nSPS) is 19.9. The molecule has 3 heteroatoms. The molecule has 0 spiro atoms. The van der Waals surface area contributed by atoms with E-state index in [2.05, 4.69) is 13.0 Å². The number of hydrogen-bond acceptors (Lipinski definition) is 2. The lowest BCUT2D eigenvalue weighted by Gasteiger charge is -2.15. The Labute approximate surface area is 95.3 Å². The van der Waals surface area contributed by atoms with Crippen LogP contribution < -0.4 is 4.90 Å². The summed E-state index contributed by atoms with van der Waals surface area (Å²) < 4.78 is 0. The van der Waals surface area contributed by atoms with Gasteiger partial charge in [0.15, 0.2) is 0 Å². The monoisotopic (exact) mass is 214 g/mol. The van der Waals surface area contributed by atoms with Crippen molar-refractivity contribution in [2.45, 2.75) is 19.8 Å². The summed E-state index contributed by atoms with van der Waals surface area (Å²) in [4.78, 5) is 13.4. The first-order chi connectivity index (χ1) is 7.74. The molecule has 1 fully saturated rings. The number of amides is 1. The third-order valence-electron chi connectivity index (χ3n) is 2.96. The molecule has 1 aromatic rings. The predicted octanol–water partition coefficient (Wildman–Crippen LogP) is 2.13. The van der Waals surface area contributed by atoms with Crippen LogP contribution in [-0.2, 0) is 11.2 Å². The van der Waals surface area contributed by atoms with Gasteiger partial charge in [0.05, 0.1) is 12.0 Å². The van der Waals surface area contributed by atoms with E-state index in [0.29, 0.717) is 13.0 Å². The van der Waals surface area contributed by atoms with Gasteiger partial charge in [-0.2, -0.15) is 5.26 Å². The Balaban J connectivity index is 2.18. The van der Waals surface area contributed by atoms with Crippen molar-refractivity contribution in [3.05, 3.63) is 29.8 Å². The first-order valence-corrected chi connectivity index (χ1v) is 5.53. The fourth-order valence-electron chi connectivity index (χ4n) is 1.96. The highest BCUT2D eigenvalue weighted by Gasteiger charge is 2.30. The van der Waals surface area contributed by atoms with Crippen LogP contribution in [0.15, 0.2) is 24.3 Å². The van der Waals surface area contributed by atoms with Gasteiger partial charge in [0.25, 0.3) is 0 Å². The molecule has 0 radical (unpaired) electrons. The van der Waals surface area contributed by atoms with Gasteiger partial charge in [0, 0.05) is 18.7 Å². The number of anilines is 1. The highest BCUT2D eigenvalue weighted by Crippen LogP contribution is 2.24. The first-order valence-electron chi connectivity index (χ1n) is 5.53. The largest absolute Gasteiger partial charge is 0.311 e. The van der Waals surface area contributed by atoms with Gasteiger partial charge in [-0.3, -0.25) is 4.79 Å². The van der Waals surface area contributed by atoms with Crippen molar-refractivity contribution in [2.24, 2.45) is 5.92 Å². The number of rotatable bonds is 2. The summed E-state index contributed by atoms with van der Waals surface area (Å²) in [6.07, 6.45) is 1.35. The molecule has 82 valence electrons. The summed E-state index contributed by atoms with van der Waals surface area (Å²) in [6.45, 7) is 2.63. The molecule has 2 rings (SSSR count). The van der Waals surface area contributed by atoms with E-state index in [1.165, 1.54) is 5.56 Å². The summed E-state index contributed by atoms with van der Waals surface area (Å²) >= 11 is 0.